The number of nitrogens with zero attached hydrogens (tertiary/aromatic N) is 3. The third-order valence-corrected chi connectivity index (χ3v) is 4.44. The molecule has 5 heteroatoms. The SMILES string of the molecule is CN1CC(O)(c2cc(C3CC3)cn3cc(CN)nc23)C1. The van der Waals surface area contributed by atoms with Crippen molar-refractivity contribution in [2.24, 2.45) is 5.73 Å². The van der Waals surface area contributed by atoms with Crippen LogP contribution in [0.1, 0.15) is 35.6 Å². The molecule has 0 aromatic carbocycles. The van der Waals surface area contributed by atoms with Gasteiger partial charge >= 0.3 is 0 Å². The zero-order chi connectivity index (χ0) is 13.9. The van der Waals surface area contributed by atoms with Gasteiger partial charge in [-0.15, -0.1) is 0 Å². The van der Waals surface area contributed by atoms with Crippen molar-refractivity contribution in [2.45, 2.75) is 30.9 Å². The lowest BCUT2D eigenvalue weighted by Gasteiger charge is -2.44. The summed E-state index contributed by atoms with van der Waals surface area (Å²) in [7, 11) is 2.02. The number of aliphatic hydroxyl groups is 1. The molecule has 2 aliphatic rings. The van der Waals surface area contributed by atoms with Crippen LogP contribution in [0, 0.1) is 0 Å². The van der Waals surface area contributed by atoms with Crippen LogP contribution < -0.4 is 5.73 Å². The molecule has 2 aromatic heterocycles. The lowest BCUT2D eigenvalue weighted by Crippen LogP contribution is -2.57. The normalized spacial score (nSPS) is 22.1. The van der Waals surface area contributed by atoms with Gasteiger partial charge in [0.15, 0.2) is 0 Å². The van der Waals surface area contributed by atoms with Crippen LogP contribution in [-0.4, -0.2) is 39.5 Å². The third kappa shape index (κ3) is 1.78. The summed E-state index contributed by atoms with van der Waals surface area (Å²) in [5.74, 6) is 0.656. The lowest BCUT2D eigenvalue weighted by atomic mass is 9.86. The summed E-state index contributed by atoms with van der Waals surface area (Å²) in [6.07, 6.45) is 6.63. The Balaban J connectivity index is 1.89. The number of nitrogens with two attached hydrogens (primary N) is 1. The molecule has 1 aliphatic carbocycles. The number of fused-ring (bicyclic) bond motifs is 1. The zero-order valence-electron chi connectivity index (χ0n) is 11.7. The van der Waals surface area contributed by atoms with E-state index in [0.717, 1.165) is 16.9 Å². The van der Waals surface area contributed by atoms with Crippen LogP contribution in [-0.2, 0) is 12.1 Å². The Labute approximate surface area is 118 Å². The van der Waals surface area contributed by atoms with Gasteiger partial charge in [0.1, 0.15) is 11.2 Å². The van der Waals surface area contributed by atoms with Gasteiger partial charge < -0.3 is 15.2 Å². The number of pyridine rings is 1. The number of hydrogen-bond donors (Lipinski definition) is 2. The Hall–Kier alpha value is -1.43. The first kappa shape index (κ1) is 12.3. The Morgan fingerprint density at radius 1 is 1.40 bits per heavy atom. The van der Waals surface area contributed by atoms with E-state index in [9.17, 15) is 5.11 Å². The van der Waals surface area contributed by atoms with E-state index in [1.165, 1.54) is 18.4 Å². The molecule has 0 atom stereocenters. The molecule has 4 rings (SSSR count). The second-order valence-corrected chi connectivity index (χ2v) is 6.33. The number of likely N-dealkylation sites (tertiary alicyclic amines) is 1. The highest BCUT2D eigenvalue weighted by molar-refractivity contribution is 5.55. The smallest absolute Gasteiger partial charge is 0.143 e. The fourth-order valence-corrected chi connectivity index (χ4v) is 3.27. The number of imidazole rings is 1. The fourth-order valence-electron chi connectivity index (χ4n) is 3.27. The number of hydrogen-bond acceptors (Lipinski definition) is 4. The summed E-state index contributed by atoms with van der Waals surface area (Å²) in [6, 6.07) is 2.16. The average Bonchev–Trinajstić information content (AvgIpc) is 3.15. The van der Waals surface area contributed by atoms with E-state index in [1.807, 2.05) is 17.6 Å². The molecule has 0 spiro atoms. The molecule has 0 bridgehead atoms. The minimum absolute atomic E-state index is 0.429. The van der Waals surface area contributed by atoms with Gasteiger partial charge in [0.2, 0.25) is 0 Å². The molecule has 3 heterocycles. The number of aromatic nitrogens is 2. The number of β-amino-alcohol motifs (C(OH)–C–C–N with tert-alkyl or cyclic N) is 1. The van der Waals surface area contributed by atoms with Crippen LogP contribution in [0.2, 0.25) is 0 Å². The van der Waals surface area contributed by atoms with Crippen LogP contribution >= 0.6 is 0 Å². The highest BCUT2D eigenvalue weighted by Gasteiger charge is 2.43. The van der Waals surface area contributed by atoms with Gasteiger partial charge in [0.25, 0.3) is 0 Å². The molecule has 1 saturated heterocycles. The number of likely N-dealkylation sites (N-methyl/N-ethyl adjacent to an activating group) is 1. The topological polar surface area (TPSA) is 66.8 Å². The summed E-state index contributed by atoms with van der Waals surface area (Å²) in [5.41, 5.74) is 8.94. The van der Waals surface area contributed by atoms with Crippen LogP contribution in [0.4, 0.5) is 0 Å². The lowest BCUT2D eigenvalue weighted by molar-refractivity contribution is -0.0911. The minimum atomic E-state index is -0.766. The largest absolute Gasteiger partial charge is 0.382 e. The molecule has 5 nitrogen and oxygen atoms in total. The van der Waals surface area contributed by atoms with E-state index < -0.39 is 5.60 Å². The molecule has 2 fully saturated rings. The van der Waals surface area contributed by atoms with Crippen LogP contribution in [0.25, 0.3) is 5.65 Å². The van der Waals surface area contributed by atoms with E-state index in [4.69, 9.17) is 5.73 Å². The van der Waals surface area contributed by atoms with Crippen molar-refractivity contribution in [2.75, 3.05) is 20.1 Å². The minimum Gasteiger partial charge on any atom is -0.382 e. The first-order valence-corrected chi connectivity index (χ1v) is 7.22. The first-order valence-electron chi connectivity index (χ1n) is 7.22. The second kappa shape index (κ2) is 4.04. The van der Waals surface area contributed by atoms with Crippen molar-refractivity contribution in [1.82, 2.24) is 14.3 Å². The van der Waals surface area contributed by atoms with Crippen molar-refractivity contribution in [3.63, 3.8) is 0 Å². The second-order valence-electron chi connectivity index (χ2n) is 6.33. The van der Waals surface area contributed by atoms with E-state index in [2.05, 4.69) is 22.1 Å². The first-order chi connectivity index (χ1) is 9.59. The quantitative estimate of drug-likeness (QED) is 0.867. The van der Waals surface area contributed by atoms with Crippen LogP contribution in [0.15, 0.2) is 18.5 Å². The standard InChI is InChI=1S/C15H20N4O/c1-18-8-15(20,9-18)13-4-11(10-2-3-10)6-19-7-12(5-16)17-14(13)19/h4,6-7,10,20H,2-3,5,8-9,16H2,1H3. The maximum Gasteiger partial charge on any atom is 0.143 e. The van der Waals surface area contributed by atoms with Gasteiger partial charge in [0, 0.05) is 37.6 Å². The van der Waals surface area contributed by atoms with Gasteiger partial charge in [-0.05, 0) is 37.4 Å². The third-order valence-electron chi connectivity index (χ3n) is 4.44. The number of rotatable bonds is 3. The van der Waals surface area contributed by atoms with Gasteiger partial charge in [-0.2, -0.15) is 0 Å². The molecular weight excluding hydrogens is 252 g/mol. The molecule has 0 radical (unpaired) electrons. The molecule has 0 unspecified atom stereocenters. The Morgan fingerprint density at radius 2 is 2.15 bits per heavy atom. The molecule has 3 N–H and O–H groups in total. The Kier molecular flexibility index (Phi) is 2.49. The Bertz CT molecular complexity index is 668. The monoisotopic (exact) mass is 272 g/mol. The van der Waals surface area contributed by atoms with Gasteiger partial charge in [-0.3, -0.25) is 4.90 Å². The highest BCUT2D eigenvalue weighted by atomic mass is 16.3. The summed E-state index contributed by atoms with van der Waals surface area (Å²) < 4.78 is 2.04. The Morgan fingerprint density at radius 3 is 2.75 bits per heavy atom. The molecule has 0 amide bonds. The predicted molar refractivity (Wildman–Crippen MR) is 76.5 cm³/mol. The van der Waals surface area contributed by atoms with Gasteiger partial charge in [-0.1, -0.05) is 0 Å². The average molecular weight is 272 g/mol. The highest BCUT2D eigenvalue weighted by Crippen LogP contribution is 2.42. The maximum atomic E-state index is 10.8. The van der Waals surface area contributed by atoms with Crippen LogP contribution in [0.5, 0.6) is 0 Å². The molecule has 1 aliphatic heterocycles. The summed E-state index contributed by atoms with van der Waals surface area (Å²) in [6.45, 7) is 1.77. The molecular formula is C15H20N4O. The molecule has 20 heavy (non-hydrogen) atoms. The molecule has 2 aromatic rings. The molecule has 1 saturated carbocycles. The predicted octanol–water partition coefficient (Wildman–Crippen LogP) is 0.803. The van der Waals surface area contributed by atoms with Crippen LogP contribution in [0.3, 0.4) is 0 Å². The molecule has 106 valence electrons. The van der Waals surface area contributed by atoms with Crippen molar-refractivity contribution in [3.05, 3.63) is 35.3 Å². The van der Waals surface area contributed by atoms with Crippen molar-refractivity contribution < 1.29 is 5.11 Å². The maximum absolute atomic E-state index is 10.8. The van der Waals surface area contributed by atoms with E-state index >= 15 is 0 Å². The van der Waals surface area contributed by atoms with E-state index in [0.29, 0.717) is 25.6 Å². The summed E-state index contributed by atoms with van der Waals surface area (Å²) in [4.78, 5) is 6.70. The van der Waals surface area contributed by atoms with Crippen molar-refractivity contribution >= 4 is 5.65 Å². The van der Waals surface area contributed by atoms with Gasteiger partial charge in [-0.25, -0.2) is 4.98 Å². The van der Waals surface area contributed by atoms with E-state index in [-0.39, 0.29) is 0 Å². The summed E-state index contributed by atoms with van der Waals surface area (Å²) >= 11 is 0. The van der Waals surface area contributed by atoms with Crippen molar-refractivity contribution in [1.29, 1.82) is 0 Å². The fraction of sp³-hybridized carbons (Fsp3) is 0.533. The van der Waals surface area contributed by atoms with E-state index in [1.54, 1.807) is 0 Å². The van der Waals surface area contributed by atoms with Gasteiger partial charge in [0.05, 0.1) is 5.69 Å². The van der Waals surface area contributed by atoms with Crippen molar-refractivity contribution in [3.8, 4) is 0 Å². The summed E-state index contributed by atoms with van der Waals surface area (Å²) in [5, 5.41) is 10.8. The zero-order valence-corrected chi connectivity index (χ0v) is 11.7.